The summed E-state index contributed by atoms with van der Waals surface area (Å²) in [4.78, 5) is 13.9. The number of hydrogen-bond donors (Lipinski definition) is 0. The molecule has 4 nitrogen and oxygen atoms in total. The predicted molar refractivity (Wildman–Crippen MR) is 60.3 cm³/mol. The van der Waals surface area contributed by atoms with Crippen molar-refractivity contribution in [1.29, 1.82) is 0 Å². The van der Waals surface area contributed by atoms with Crippen molar-refractivity contribution in [1.82, 2.24) is 4.90 Å². The molecular weight excluding hydrogens is 206 g/mol. The molecule has 0 radical (unpaired) electrons. The summed E-state index contributed by atoms with van der Waals surface area (Å²) in [6, 6.07) is 0.337. The van der Waals surface area contributed by atoms with Crippen molar-refractivity contribution in [3.05, 3.63) is 0 Å². The quantitative estimate of drug-likeness (QED) is 0.688. The van der Waals surface area contributed by atoms with Crippen LogP contribution in [0.3, 0.4) is 0 Å². The van der Waals surface area contributed by atoms with Crippen LogP contribution in [0.4, 0.5) is 4.79 Å². The number of amides is 1. The first-order valence-corrected chi connectivity index (χ1v) is 6.05. The minimum Gasteiger partial charge on any atom is -0.444 e. The molecule has 0 bridgehead atoms. The first-order chi connectivity index (χ1) is 7.47. The van der Waals surface area contributed by atoms with Crippen LogP contribution in [0.25, 0.3) is 0 Å². The van der Waals surface area contributed by atoms with E-state index in [0.29, 0.717) is 12.0 Å². The van der Waals surface area contributed by atoms with Crippen LogP contribution in [0.5, 0.6) is 0 Å². The normalized spacial score (nSPS) is 26.7. The van der Waals surface area contributed by atoms with Gasteiger partial charge in [0, 0.05) is 18.5 Å². The number of likely N-dealkylation sites (tertiary alicyclic amines) is 1. The highest BCUT2D eigenvalue weighted by atomic mass is 16.6. The Morgan fingerprint density at radius 3 is 2.56 bits per heavy atom. The van der Waals surface area contributed by atoms with Gasteiger partial charge in [0.05, 0.1) is 13.2 Å². The first-order valence-electron chi connectivity index (χ1n) is 6.05. The standard InChI is InChI=1S/C12H21NO3/c1-12(2,3)16-11(14)13-6-4-5-10(13)9-7-15-8-9/h9-10H,4-8H2,1-3H3/t10-/m0/s1. The van der Waals surface area contributed by atoms with E-state index in [9.17, 15) is 4.79 Å². The maximum atomic E-state index is 12.0. The van der Waals surface area contributed by atoms with Gasteiger partial charge in [-0.25, -0.2) is 4.79 Å². The molecule has 0 aliphatic carbocycles. The van der Waals surface area contributed by atoms with Crippen LogP contribution >= 0.6 is 0 Å². The molecule has 1 atom stereocenters. The predicted octanol–water partition coefficient (Wildman–Crippen LogP) is 2.03. The first kappa shape index (κ1) is 11.7. The summed E-state index contributed by atoms with van der Waals surface area (Å²) in [5, 5.41) is 0. The van der Waals surface area contributed by atoms with Gasteiger partial charge in [0.15, 0.2) is 0 Å². The second kappa shape index (κ2) is 4.24. The van der Waals surface area contributed by atoms with Crippen molar-refractivity contribution < 1.29 is 14.3 Å². The topological polar surface area (TPSA) is 38.8 Å². The molecule has 0 spiro atoms. The molecule has 0 N–H and O–H groups in total. The third kappa shape index (κ3) is 2.48. The number of hydrogen-bond acceptors (Lipinski definition) is 3. The summed E-state index contributed by atoms with van der Waals surface area (Å²) in [5.41, 5.74) is -0.402. The lowest BCUT2D eigenvalue weighted by Crippen LogP contribution is -2.48. The molecule has 2 aliphatic rings. The molecule has 4 heteroatoms. The van der Waals surface area contributed by atoms with Crippen molar-refractivity contribution in [2.24, 2.45) is 5.92 Å². The minimum absolute atomic E-state index is 0.165. The van der Waals surface area contributed by atoms with E-state index >= 15 is 0 Å². The van der Waals surface area contributed by atoms with E-state index in [-0.39, 0.29) is 6.09 Å². The summed E-state index contributed by atoms with van der Waals surface area (Å²) < 4.78 is 10.6. The van der Waals surface area contributed by atoms with E-state index in [2.05, 4.69) is 0 Å². The molecule has 2 saturated heterocycles. The van der Waals surface area contributed by atoms with Gasteiger partial charge in [-0.05, 0) is 33.6 Å². The number of nitrogens with zero attached hydrogens (tertiary/aromatic N) is 1. The van der Waals surface area contributed by atoms with Crippen LogP contribution in [-0.4, -0.2) is 42.4 Å². The van der Waals surface area contributed by atoms with Crippen LogP contribution in [-0.2, 0) is 9.47 Å². The highest BCUT2D eigenvalue weighted by Gasteiger charge is 2.39. The molecule has 2 rings (SSSR count). The zero-order valence-corrected chi connectivity index (χ0v) is 10.4. The molecule has 1 amide bonds. The Kier molecular flexibility index (Phi) is 3.10. The van der Waals surface area contributed by atoms with E-state index in [4.69, 9.17) is 9.47 Å². The van der Waals surface area contributed by atoms with Crippen LogP contribution in [0.15, 0.2) is 0 Å². The third-order valence-electron chi connectivity index (χ3n) is 3.14. The second-order valence-electron chi connectivity index (χ2n) is 5.68. The van der Waals surface area contributed by atoms with Gasteiger partial charge in [-0.3, -0.25) is 0 Å². The van der Waals surface area contributed by atoms with Gasteiger partial charge in [-0.15, -0.1) is 0 Å². The van der Waals surface area contributed by atoms with Gasteiger partial charge < -0.3 is 14.4 Å². The molecular formula is C12H21NO3. The molecule has 0 aromatic heterocycles. The molecule has 0 aromatic carbocycles. The summed E-state index contributed by atoms with van der Waals surface area (Å²) in [5.74, 6) is 0.523. The Morgan fingerprint density at radius 2 is 2.06 bits per heavy atom. The number of rotatable bonds is 1. The maximum absolute atomic E-state index is 12.0. The van der Waals surface area contributed by atoms with Crippen LogP contribution in [0, 0.1) is 5.92 Å². The highest BCUT2D eigenvalue weighted by molar-refractivity contribution is 5.69. The average Bonchev–Trinajstić information content (AvgIpc) is 2.45. The summed E-state index contributed by atoms with van der Waals surface area (Å²) in [6.07, 6.45) is 2.01. The molecule has 0 unspecified atom stereocenters. The van der Waals surface area contributed by atoms with E-state index in [0.717, 1.165) is 32.6 Å². The van der Waals surface area contributed by atoms with E-state index in [1.807, 2.05) is 25.7 Å². The Hall–Kier alpha value is -0.770. The van der Waals surface area contributed by atoms with Crippen molar-refractivity contribution in [3.8, 4) is 0 Å². The van der Waals surface area contributed by atoms with E-state index in [1.165, 1.54) is 0 Å². The Bertz CT molecular complexity index is 268. The zero-order chi connectivity index (χ0) is 11.8. The van der Waals surface area contributed by atoms with Gasteiger partial charge >= 0.3 is 6.09 Å². The molecule has 0 aromatic rings. The van der Waals surface area contributed by atoms with Crippen LogP contribution < -0.4 is 0 Å². The Labute approximate surface area is 96.9 Å². The Balaban J connectivity index is 1.94. The maximum Gasteiger partial charge on any atom is 0.410 e. The van der Waals surface area contributed by atoms with Gasteiger partial charge in [0.1, 0.15) is 5.60 Å². The fourth-order valence-corrected chi connectivity index (χ4v) is 2.31. The molecule has 16 heavy (non-hydrogen) atoms. The van der Waals surface area contributed by atoms with E-state index in [1.54, 1.807) is 0 Å². The lowest BCUT2D eigenvalue weighted by atomic mass is 9.96. The summed E-state index contributed by atoms with van der Waals surface area (Å²) >= 11 is 0. The summed E-state index contributed by atoms with van der Waals surface area (Å²) in [7, 11) is 0. The molecule has 2 heterocycles. The second-order valence-corrected chi connectivity index (χ2v) is 5.68. The lowest BCUT2D eigenvalue weighted by molar-refractivity contribution is -0.0687. The van der Waals surface area contributed by atoms with Gasteiger partial charge in [0.25, 0.3) is 0 Å². The van der Waals surface area contributed by atoms with Crippen LogP contribution in [0.1, 0.15) is 33.6 Å². The lowest BCUT2D eigenvalue weighted by Gasteiger charge is -2.37. The smallest absolute Gasteiger partial charge is 0.410 e. The van der Waals surface area contributed by atoms with Gasteiger partial charge in [0.2, 0.25) is 0 Å². The highest BCUT2D eigenvalue weighted by Crippen LogP contribution is 2.29. The van der Waals surface area contributed by atoms with E-state index < -0.39 is 5.60 Å². The van der Waals surface area contributed by atoms with Gasteiger partial charge in [-0.2, -0.15) is 0 Å². The molecule has 92 valence electrons. The molecule has 2 aliphatic heterocycles. The number of carbonyl (C=O) groups is 1. The third-order valence-corrected chi connectivity index (χ3v) is 3.14. The largest absolute Gasteiger partial charge is 0.444 e. The fourth-order valence-electron chi connectivity index (χ4n) is 2.31. The van der Waals surface area contributed by atoms with Crippen molar-refractivity contribution in [2.45, 2.75) is 45.3 Å². The Morgan fingerprint density at radius 1 is 1.38 bits per heavy atom. The monoisotopic (exact) mass is 227 g/mol. The molecule has 0 saturated carbocycles. The van der Waals surface area contributed by atoms with Crippen molar-refractivity contribution >= 4 is 6.09 Å². The zero-order valence-electron chi connectivity index (χ0n) is 10.4. The van der Waals surface area contributed by atoms with Crippen molar-refractivity contribution in [3.63, 3.8) is 0 Å². The average molecular weight is 227 g/mol. The minimum atomic E-state index is -0.402. The molecule has 2 fully saturated rings. The summed E-state index contributed by atoms with van der Waals surface area (Å²) in [6.45, 7) is 8.14. The van der Waals surface area contributed by atoms with Crippen LogP contribution in [0.2, 0.25) is 0 Å². The fraction of sp³-hybridized carbons (Fsp3) is 0.917. The van der Waals surface area contributed by atoms with Crippen molar-refractivity contribution in [2.75, 3.05) is 19.8 Å². The number of carbonyl (C=O) groups excluding carboxylic acids is 1. The SMILES string of the molecule is CC(C)(C)OC(=O)N1CCC[C@H]1C1COC1. The number of ether oxygens (including phenoxy) is 2. The van der Waals surface area contributed by atoms with Gasteiger partial charge in [-0.1, -0.05) is 0 Å².